The highest BCUT2D eigenvalue weighted by atomic mass is 16.5. The third kappa shape index (κ3) is 4.12. The summed E-state index contributed by atoms with van der Waals surface area (Å²) in [6.07, 6.45) is 2.69. The monoisotopic (exact) mass is 366 g/mol. The largest absolute Gasteiger partial charge is 0.493 e. The average molecular weight is 367 g/mol. The molecule has 4 nitrogen and oxygen atoms in total. The van der Waals surface area contributed by atoms with E-state index in [0.29, 0.717) is 12.6 Å². The molecule has 2 aromatic carbocycles. The Morgan fingerprint density at radius 2 is 1.81 bits per heavy atom. The van der Waals surface area contributed by atoms with E-state index in [1.54, 1.807) is 7.11 Å². The van der Waals surface area contributed by atoms with Gasteiger partial charge in [-0.3, -0.25) is 9.80 Å². The summed E-state index contributed by atoms with van der Waals surface area (Å²) < 4.78 is 11.6. The fraction of sp³-hybridized carbons (Fsp3) is 0.478. The van der Waals surface area contributed by atoms with Crippen LogP contribution in [0.2, 0.25) is 0 Å². The Morgan fingerprint density at radius 1 is 0.963 bits per heavy atom. The molecule has 4 rings (SSSR count). The van der Waals surface area contributed by atoms with E-state index in [9.17, 15) is 0 Å². The third-order valence-corrected chi connectivity index (χ3v) is 6.07. The van der Waals surface area contributed by atoms with Gasteiger partial charge in [-0.05, 0) is 49.6 Å². The van der Waals surface area contributed by atoms with E-state index in [1.807, 2.05) is 24.3 Å². The second kappa shape index (κ2) is 8.32. The molecule has 2 heterocycles. The quantitative estimate of drug-likeness (QED) is 0.773. The minimum absolute atomic E-state index is 0.553. The van der Waals surface area contributed by atoms with Crippen LogP contribution in [0, 0.1) is 0 Å². The van der Waals surface area contributed by atoms with Crippen LogP contribution >= 0.6 is 0 Å². The molecule has 2 aliphatic rings. The maximum Gasteiger partial charge on any atom is 0.161 e. The first-order valence-electron chi connectivity index (χ1n) is 10.1. The van der Waals surface area contributed by atoms with Crippen molar-refractivity contribution in [3.63, 3.8) is 0 Å². The minimum Gasteiger partial charge on any atom is -0.493 e. The number of piperazine rings is 1. The smallest absolute Gasteiger partial charge is 0.161 e. The standard InChI is InChI=1S/C23H30N2O2/c1-18-21-9-6-12-24(21)13-14-25(18)16-20-10-11-22(23(15-20)26-2)27-17-19-7-4-3-5-8-19/h3-5,7-8,10-11,15,18,21H,6,9,12-14,16-17H2,1-2H3. The molecule has 2 fully saturated rings. The van der Waals surface area contributed by atoms with Crippen LogP contribution in [0.4, 0.5) is 0 Å². The molecule has 0 bridgehead atoms. The molecule has 2 unspecified atom stereocenters. The molecule has 144 valence electrons. The maximum absolute atomic E-state index is 5.99. The second-order valence-corrected chi connectivity index (χ2v) is 7.72. The van der Waals surface area contributed by atoms with Gasteiger partial charge >= 0.3 is 0 Å². The van der Waals surface area contributed by atoms with Crippen molar-refractivity contribution in [2.24, 2.45) is 0 Å². The molecule has 2 aliphatic heterocycles. The fourth-order valence-electron chi connectivity index (χ4n) is 4.50. The van der Waals surface area contributed by atoms with E-state index in [1.165, 1.54) is 31.5 Å². The maximum atomic E-state index is 5.99. The van der Waals surface area contributed by atoms with E-state index < -0.39 is 0 Å². The van der Waals surface area contributed by atoms with Crippen LogP contribution in [0.25, 0.3) is 0 Å². The van der Waals surface area contributed by atoms with Gasteiger partial charge in [0.05, 0.1) is 7.11 Å². The molecule has 0 aliphatic carbocycles. The van der Waals surface area contributed by atoms with Gasteiger partial charge in [-0.25, -0.2) is 0 Å². The van der Waals surface area contributed by atoms with E-state index in [4.69, 9.17) is 9.47 Å². The third-order valence-electron chi connectivity index (χ3n) is 6.07. The van der Waals surface area contributed by atoms with Crippen molar-refractivity contribution in [3.05, 3.63) is 59.7 Å². The summed E-state index contributed by atoms with van der Waals surface area (Å²) in [6, 6.07) is 17.9. The summed E-state index contributed by atoms with van der Waals surface area (Å²) in [7, 11) is 1.72. The predicted octanol–water partition coefficient (Wildman–Crippen LogP) is 3.94. The van der Waals surface area contributed by atoms with Gasteiger partial charge in [-0.15, -0.1) is 0 Å². The Kier molecular flexibility index (Phi) is 5.65. The number of fused-ring (bicyclic) bond motifs is 1. The van der Waals surface area contributed by atoms with Crippen molar-refractivity contribution < 1.29 is 9.47 Å². The highest BCUT2D eigenvalue weighted by molar-refractivity contribution is 5.43. The van der Waals surface area contributed by atoms with Gasteiger partial charge in [0, 0.05) is 31.7 Å². The number of hydrogen-bond donors (Lipinski definition) is 0. The molecule has 2 aromatic rings. The van der Waals surface area contributed by atoms with E-state index in [2.05, 4.69) is 41.0 Å². The molecule has 0 N–H and O–H groups in total. The molecule has 0 radical (unpaired) electrons. The topological polar surface area (TPSA) is 24.9 Å². The van der Waals surface area contributed by atoms with Crippen LogP contribution in [0.3, 0.4) is 0 Å². The summed E-state index contributed by atoms with van der Waals surface area (Å²) in [4.78, 5) is 5.29. The van der Waals surface area contributed by atoms with Crippen LogP contribution in [0.15, 0.2) is 48.5 Å². The van der Waals surface area contributed by atoms with Gasteiger partial charge in [0.25, 0.3) is 0 Å². The first-order valence-corrected chi connectivity index (χ1v) is 10.1. The molecule has 27 heavy (non-hydrogen) atoms. The zero-order chi connectivity index (χ0) is 18.6. The Morgan fingerprint density at radius 3 is 2.63 bits per heavy atom. The van der Waals surface area contributed by atoms with Crippen molar-refractivity contribution in [1.82, 2.24) is 9.80 Å². The summed E-state index contributed by atoms with van der Waals surface area (Å²) >= 11 is 0. The summed E-state index contributed by atoms with van der Waals surface area (Å²) in [6.45, 7) is 7.54. The van der Waals surface area contributed by atoms with Crippen molar-refractivity contribution in [2.45, 2.75) is 45.0 Å². The normalized spacial score (nSPS) is 23.2. The van der Waals surface area contributed by atoms with Gasteiger partial charge in [0.15, 0.2) is 11.5 Å². The summed E-state index contributed by atoms with van der Waals surface area (Å²) in [5.74, 6) is 1.62. The number of benzene rings is 2. The van der Waals surface area contributed by atoms with Crippen molar-refractivity contribution in [1.29, 1.82) is 0 Å². The van der Waals surface area contributed by atoms with Crippen LogP contribution < -0.4 is 9.47 Å². The lowest BCUT2D eigenvalue weighted by Crippen LogP contribution is -2.55. The lowest BCUT2D eigenvalue weighted by Gasteiger charge is -2.43. The Labute approximate surface area is 162 Å². The molecule has 0 amide bonds. The van der Waals surface area contributed by atoms with E-state index in [-0.39, 0.29) is 0 Å². The average Bonchev–Trinajstić information content (AvgIpc) is 3.19. The molecule has 0 saturated carbocycles. The minimum atomic E-state index is 0.553. The van der Waals surface area contributed by atoms with Gasteiger partial charge in [-0.1, -0.05) is 36.4 Å². The Balaban J connectivity index is 1.41. The van der Waals surface area contributed by atoms with E-state index >= 15 is 0 Å². The number of ether oxygens (including phenoxy) is 2. The fourth-order valence-corrected chi connectivity index (χ4v) is 4.50. The van der Waals surface area contributed by atoms with Gasteiger partial charge in [0.1, 0.15) is 6.61 Å². The van der Waals surface area contributed by atoms with Crippen molar-refractivity contribution >= 4 is 0 Å². The number of nitrogens with zero attached hydrogens (tertiary/aromatic N) is 2. The first-order chi connectivity index (χ1) is 13.2. The molecule has 4 heteroatoms. The Bertz CT molecular complexity index is 749. The number of methoxy groups -OCH3 is 1. The first kappa shape index (κ1) is 18.3. The summed E-state index contributed by atoms with van der Waals surface area (Å²) in [5.41, 5.74) is 2.45. The summed E-state index contributed by atoms with van der Waals surface area (Å²) in [5, 5.41) is 0. The van der Waals surface area contributed by atoms with E-state index in [0.717, 1.165) is 36.2 Å². The van der Waals surface area contributed by atoms with Crippen molar-refractivity contribution in [2.75, 3.05) is 26.7 Å². The predicted molar refractivity (Wildman–Crippen MR) is 108 cm³/mol. The van der Waals surface area contributed by atoms with Gasteiger partial charge in [0.2, 0.25) is 0 Å². The zero-order valence-electron chi connectivity index (χ0n) is 16.4. The molecule has 0 spiro atoms. The molecular formula is C23H30N2O2. The Hall–Kier alpha value is -2.04. The lowest BCUT2D eigenvalue weighted by atomic mass is 10.0. The van der Waals surface area contributed by atoms with Crippen LogP contribution in [-0.2, 0) is 13.2 Å². The zero-order valence-corrected chi connectivity index (χ0v) is 16.4. The molecule has 2 saturated heterocycles. The highest BCUT2D eigenvalue weighted by Crippen LogP contribution is 2.31. The molecule has 0 aromatic heterocycles. The SMILES string of the molecule is COc1cc(CN2CCN3CCCC3C2C)ccc1OCc1ccccc1. The van der Waals surface area contributed by atoms with Crippen LogP contribution in [-0.4, -0.2) is 48.6 Å². The van der Waals surface area contributed by atoms with Crippen LogP contribution in [0.5, 0.6) is 11.5 Å². The lowest BCUT2D eigenvalue weighted by molar-refractivity contribution is 0.0470. The molecular weight excluding hydrogens is 336 g/mol. The number of rotatable bonds is 6. The number of hydrogen-bond acceptors (Lipinski definition) is 4. The second-order valence-electron chi connectivity index (χ2n) is 7.72. The van der Waals surface area contributed by atoms with Gasteiger partial charge < -0.3 is 9.47 Å². The highest BCUT2D eigenvalue weighted by Gasteiger charge is 2.36. The van der Waals surface area contributed by atoms with Crippen LogP contribution in [0.1, 0.15) is 30.9 Å². The van der Waals surface area contributed by atoms with Crippen molar-refractivity contribution in [3.8, 4) is 11.5 Å². The van der Waals surface area contributed by atoms with Gasteiger partial charge in [-0.2, -0.15) is 0 Å². The molecule has 2 atom stereocenters.